The maximum Gasteiger partial charge on any atom is 0.225 e. The lowest BCUT2D eigenvalue weighted by atomic mass is 9.88. The highest BCUT2D eigenvalue weighted by Gasteiger charge is 2.35. The van der Waals surface area contributed by atoms with E-state index in [4.69, 9.17) is 0 Å². The van der Waals surface area contributed by atoms with E-state index in [2.05, 4.69) is 0 Å². The van der Waals surface area contributed by atoms with E-state index in [0.717, 1.165) is 25.7 Å². The van der Waals surface area contributed by atoms with Crippen LogP contribution in [0.1, 0.15) is 49.3 Å². The fourth-order valence-corrected chi connectivity index (χ4v) is 5.66. The fourth-order valence-electron chi connectivity index (χ4n) is 3.86. The Morgan fingerprint density at radius 1 is 1.04 bits per heavy atom. The second-order valence-electron chi connectivity index (χ2n) is 6.83. The second kappa shape index (κ2) is 7.21. The molecule has 132 valence electrons. The standard InChI is InChI=1S/C18H24FNO3S/c19-16-9-5-4-8-15(16)17-10-11-20(12-13-24(17,22)23)18(21)14-6-2-1-3-7-14/h4-5,8-9,14,17H,1-3,6-7,10-13H2. The third-order valence-electron chi connectivity index (χ3n) is 5.26. The van der Waals surface area contributed by atoms with Gasteiger partial charge >= 0.3 is 0 Å². The molecule has 0 radical (unpaired) electrons. The maximum atomic E-state index is 14.1. The smallest absolute Gasteiger partial charge is 0.225 e. The van der Waals surface area contributed by atoms with Crippen LogP contribution >= 0.6 is 0 Å². The van der Waals surface area contributed by atoms with Crippen LogP contribution in [0.4, 0.5) is 4.39 Å². The van der Waals surface area contributed by atoms with Crippen molar-refractivity contribution in [3.05, 3.63) is 35.6 Å². The number of carbonyl (C=O) groups excluding carboxylic acids is 1. The molecule has 1 heterocycles. The monoisotopic (exact) mass is 353 g/mol. The first-order chi connectivity index (χ1) is 11.5. The molecule has 1 atom stereocenters. The van der Waals surface area contributed by atoms with E-state index >= 15 is 0 Å². The molecular weight excluding hydrogens is 329 g/mol. The van der Waals surface area contributed by atoms with Crippen molar-refractivity contribution >= 4 is 15.7 Å². The highest BCUT2D eigenvalue weighted by Crippen LogP contribution is 2.32. The number of hydrogen-bond acceptors (Lipinski definition) is 3. The van der Waals surface area contributed by atoms with Gasteiger partial charge in [0, 0.05) is 24.6 Å². The van der Waals surface area contributed by atoms with Gasteiger partial charge in [-0.05, 0) is 25.3 Å². The van der Waals surface area contributed by atoms with Gasteiger partial charge in [-0.2, -0.15) is 0 Å². The predicted octanol–water partition coefficient (Wildman–Crippen LogP) is 3.09. The molecule has 1 saturated carbocycles. The van der Waals surface area contributed by atoms with Crippen LogP contribution < -0.4 is 0 Å². The molecule has 1 aromatic carbocycles. The Balaban J connectivity index is 1.77. The average Bonchev–Trinajstić information content (AvgIpc) is 2.74. The second-order valence-corrected chi connectivity index (χ2v) is 9.13. The molecule has 2 fully saturated rings. The van der Waals surface area contributed by atoms with Gasteiger partial charge in [-0.1, -0.05) is 37.5 Å². The van der Waals surface area contributed by atoms with Gasteiger partial charge in [0.25, 0.3) is 0 Å². The Morgan fingerprint density at radius 3 is 2.46 bits per heavy atom. The average molecular weight is 353 g/mol. The first-order valence-electron chi connectivity index (χ1n) is 8.74. The molecule has 4 nitrogen and oxygen atoms in total. The summed E-state index contributed by atoms with van der Waals surface area (Å²) in [5.41, 5.74) is 0.226. The molecule has 1 amide bonds. The van der Waals surface area contributed by atoms with Crippen molar-refractivity contribution < 1.29 is 17.6 Å². The number of amides is 1. The highest BCUT2D eigenvalue weighted by molar-refractivity contribution is 7.91. The summed E-state index contributed by atoms with van der Waals surface area (Å²) in [5.74, 6) is -0.464. The molecule has 0 N–H and O–H groups in total. The zero-order chi connectivity index (χ0) is 17.2. The molecule has 0 bridgehead atoms. The van der Waals surface area contributed by atoms with Crippen LogP contribution in [0.25, 0.3) is 0 Å². The van der Waals surface area contributed by atoms with E-state index in [9.17, 15) is 17.6 Å². The number of halogens is 1. The summed E-state index contributed by atoms with van der Waals surface area (Å²) in [4.78, 5) is 14.4. The van der Waals surface area contributed by atoms with Crippen LogP contribution in [0.2, 0.25) is 0 Å². The minimum Gasteiger partial charge on any atom is -0.341 e. The van der Waals surface area contributed by atoms with E-state index in [1.165, 1.54) is 18.6 Å². The first kappa shape index (κ1) is 17.4. The quantitative estimate of drug-likeness (QED) is 0.821. The molecule has 1 saturated heterocycles. The van der Waals surface area contributed by atoms with Crippen molar-refractivity contribution in [3.8, 4) is 0 Å². The summed E-state index contributed by atoms with van der Waals surface area (Å²) in [5, 5.41) is -0.858. The van der Waals surface area contributed by atoms with Crippen molar-refractivity contribution in [1.82, 2.24) is 4.90 Å². The van der Waals surface area contributed by atoms with E-state index in [-0.39, 0.29) is 36.1 Å². The van der Waals surface area contributed by atoms with Gasteiger partial charge < -0.3 is 4.90 Å². The Bertz CT molecular complexity index is 698. The van der Waals surface area contributed by atoms with Crippen molar-refractivity contribution in [2.24, 2.45) is 5.92 Å². The topological polar surface area (TPSA) is 54.5 Å². The number of benzene rings is 1. The zero-order valence-electron chi connectivity index (χ0n) is 13.8. The predicted molar refractivity (Wildman–Crippen MR) is 90.7 cm³/mol. The van der Waals surface area contributed by atoms with Crippen LogP contribution in [-0.4, -0.2) is 38.1 Å². The molecule has 1 aromatic rings. The van der Waals surface area contributed by atoms with Crippen molar-refractivity contribution in [2.75, 3.05) is 18.8 Å². The highest BCUT2D eigenvalue weighted by atomic mass is 32.2. The Morgan fingerprint density at radius 2 is 1.75 bits per heavy atom. The number of carbonyl (C=O) groups is 1. The van der Waals surface area contributed by atoms with E-state index in [1.54, 1.807) is 17.0 Å². The Hall–Kier alpha value is -1.43. The van der Waals surface area contributed by atoms with Crippen LogP contribution in [0.3, 0.4) is 0 Å². The van der Waals surface area contributed by atoms with Crippen LogP contribution in [0.15, 0.2) is 24.3 Å². The largest absolute Gasteiger partial charge is 0.341 e. The molecule has 1 unspecified atom stereocenters. The number of nitrogens with zero attached hydrogens (tertiary/aromatic N) is 1. The molecule has 0 aromatic heterocycles. The summed E-state index contributed by atoms with van der Waals surface area (Å²) in [6.07, 6.45) is 5.38. The van der Waals surface area contributed by atoms with Gasteiger partial charge in [0.05, 0.1) is 11.0 Å². The summed E-state index contributed by atoms with van der Waals surface area (Å²) >= 11 is 0. The maximum absolute atomic E-state index is 14.1. The molecule has 1 aliphatic heterocycles. The molecule has 6 heteroatoms. The van der Waals surface area contributed by atoms with Crippen molar-refractivity contribution in [1.29, 1.82) is 0 Å². The van der Waals surface area contributed by atoms with Crippen LogP contribution in [0.5, 0.6) is 0 Å². The van der Waals surface area contributed by atoms with Gasteiger partial charge in [0.1, 0.15) is 5.82 Å². The number of rotatable bonds is 2. The molecule has 0 spiro atoms. The minimum absolute atomic E-state index is 0.0338. The normalized spacial score (nSPS) is 25.2. The summed E-state index contributed by atoms with van der Waals surface area (Å²) in [6.45, 7) is 0.607. The van der Waals surface area contributed by atoms with Gasteiger partial charge in [0.15, 0.2) is 9.84 Å². The molecule has 24 heavy (non-hydrogen) atoms. The Kier molecular flexibility index (Phi) is 5.23. The van der Waals surface area contributed by atoms with Gasteiger partial charge in [-0.25, -0.2) is 12.8 Å². The fraction of sp³-hybridized carbons (Fsp3) is 0.611. The van der Waals surface area contributed by atoms with Gasteiger partial charge in [-0.3, -0.25) is 4.79 Å². The van der Waals surface area contributed by atoms with E-state index in [1.807, 2.05) is 0 Å². The lowest BCUT2D eigenvalue weighted by Crippen LogP contribution is -2.38. The SMILES string of the molecule is O=C(C1CCCCC1)N1CCC(c2ccccc2F)S(=O)(=O)CC1. The molecule has 2 aliphatic rings. The Labute approximate surface area is 143 Å². The van der Waals surface area contributed by atoms with E-state index in [0.29, 0.717) is 6.54 Å². The van der Waals surface area contributed by atoms with Crippen LogP contribution in [-0.2, 0) is 14.6 Å². The lowest BCUT2D eigenvalue weighted by Gasteiger charge is -2.28. The number of hydrogen-bond donors (Lipinski definition) is 0. The van der Waals surface area contributed by atoms with Crippen molar-refractivity contribution in [3.63, 3.8) is 0 Å². The minimum atomic E-state index is -3.47. The third kappa shape index (κ3) is 3.63. The summed E-state index contributed by atoms with van der Waals surface area (Å²) < 4.78 is 39.2. The molecular formula is C18H24FNO3S. The molecule has 1 aliphatic carbocycles. The lowest BCUT2D eigenvalue weighted by molar-refractivity contribution is -0.136. The third-order valence-corrected chi connectivity index (χ3v) is 7.37. The number of sulfone groups is 1. The summed E-state index contributed by atoms with van der Waals surface area (Å²) in [6, 6.07) is 6.04. The molecule has 3 rings (SSSR count). The summed E-state index contributed by atoms with van der Waals surface area (Å²) in [7, 11) is -3.47. The van der Waals surface area contributed by atoms with Crippen molar-refractivity contribution in [2.45, 2.75) is 43.8 Å². The van der Waals surface area contributed by atoms with E-state index < -0.39 is 20.9 Å². The van der Waals surface area contributed by atoms with Gasteiger partial charge in [0.2, 0.25) is 5.91 Å². The first-order valence-corrected chi connectivity index (χ1v) is 10.5. The zero-order valence-corrected chi connectivity index (χ0v) is 14.6. The van der Waals surface area contributed by atoms with Crippen LogP contribution in [0, 0.1) is 11.7 Å². The van der Waals surface area contributed by atoms with Gasteiger partial charge in [-0.15, -0.1) is 0 Å².